The molecule has 1 saturated heterocycles. The zero-order chi connectivity index (χ0) is 30.5. The highest BCUT2D eigenvalue weighted by Crippen LogP contribution is 2.66. The third-order valence-electron chi connectivity index (χ3n) is 13.2. The Kier molecular flexibility index (Phi) is 8.55. The summed E-state index contributed by atoms with van der Waals surface area (Å²) in [6, 6.07) is 0.349. The number of carbonyl (C=O) groups is 3. The van der Waals surface area contributed by atoms with Crippen LogP contribution in [0.25, 0.3) is 0 Å². The summed E-state index contributed by atoms with van der Waals surface area (Å²) in [6.07, 6.45) is 16.2. The standard InChI is InChI=1S/C35H54N4O4/c1-22(37-43-33(42)39(25-7-6-8-25)20-17-24-10-14-31(36-24)32(41)38(4)5)28-12-13-29-27-11-9-23-21-26(40)15-18-34(23,2)30(27)16-19-35(28,29)3/h21,24-25,27-31,36H,6-20H2,1-5H3/b37-22+/t24?,27-,28+,29-,30-,31?,34-,35+/m0/s1. The normalized spacial score (nSPS) is 39.2. The van der Waals surface area contributed by atoms with Crippen LogP contribution in [-0.4, -0.2) is 72.1 Å². The second-order valence-electron chi connectivity index (χ2n) is 15.5. The quantitative estimate of drug-likeness (QED) is 0.219. The Morgan fingerprint density at radius 3 is 2.51 bits per heavy atom. The van der Waals surface area contributed by atoms with E-state index in [1.165, 1.54) is 31.3 Å². The van der Waals surface area contributed by atoms with E-state index in [2.05, 4.69) is 31.2 Å². The molecule has 2 amide bonds. The fourth-order valence-electron chi connectivity index (χ4n) is 10.4. The molecule has 1 aliphatic heterocycles. The summed E-state index contributed by atoms with van der Waals surface area (Å²) in [7, 11) is 3.60. The third-order valence-corrected chi connectivity index (χ3v) is 13.2. The van der Waals surface area contributed by atoms with Crippen LogP contribution >= 0.6 is 0 Å². The lowest BCUT2D eigenvalue weighted by Gasteiger charge is -2.58. The topological polar surface area (TPSA) is 91.3 Å². The average Bonchev–Trinajstić information content (AvgIpc) is 3.57. The van der Waals surface area contributed by atoms with Gasteiger partial charge in [-0.05, 0) is 125 Å². The molecule has 6 rings (SSSR count). The molecular weight excluding hydrogens is 540 g/mol. The molecule has 0 spiro atoms. The van der Waals surface area contributed by atoms with Crippen molar-refractivity contribution in [3.63, 3.8) is 0 Å². The number of ketones is 1. The summed E-state index contributed by atoms with van der Waals surface area (Å²) >= 11 is 0. The number of oxime groups is 1. The fraction of sp³-hybridized carbons (Fsp3) is 0.829. The summed E-state index contributed by atoms with van der Waals surface area (Å²) in [5, 5.41) is 8.03. The number of hydrogen-bond donors (Lipinski definition) is 1. The molecule has 8 atom stereocenters. The van der Waals surface area contributed by atoms with Gasteiger partial charge in [0.25, 0.3) is 0 Å². The van der Waals surface area contributed by atoms with Crippen LogP contribution < -0.4 is 5.32 Å². The zero-order valence-corrected chi connectivity index (χ0v) is 27.2. The zero-order valence-electron chi connectivity index (χ0n) is 27.2. The Balaban J connectivity index is 1.07. The van der Waals surface area contributed by atoms with Crippen LogP contribution in [0.4, 0.5) is 4.79 Å². The van der Waals surface area contributed by atoms with Crippen molar-refractivity contribution in [3.05, 3.63) is 11.6 Å². The van der Waals surface area contributed by atoms with E-state index in [1.54, 1.807) is 19.0 Å². The first-order valence-electron chi connectivity index (χ1n) is 17.2. The molecule has 0 aromatic rings. The number of amides is 2. The second-order valence-corrected chi connectivity index (χ2v) is 15.5. The maximum atomic E-state index is 13.4. The van der Waals surface area contributed by atoms with Gasteiger partial charge < -0.3 is 15.1 Å². The van der Waals surface area contributed by atoms with E-state index in [-0.39, 0.29) is 41.0 Å². The molecule has 8 heteroatoms. The highest BCUT2D eigenvalue weighted by molar-refractivity contribution is 5.91. The van der Waals surface area contributed by atoms with Gasteiger partial charge in [0.1, 0.15) is 0 Å². The van der Waals surface area contributed by atoms with Crippen LogP contribution in [0.3, 0.4) is 0 Å². The lowest BCUT2D eigenvalue weighted by molar-refractivity contribution is -0.130. The SMILES string of the molecule is C/C(=N\OC(=O)N(CCC1CCC(C(=O)N(C)C)N1)C1CCC1)[C@H]1CC[C@H]2[C@@H]3CCC4=CC(=O)CC[C@]4(C)[C@H]3CC[C@]12C. The molecule has 4 saturated carbocycles. The van der Waals surface area contributed by atoms with E-state index in [1.807, 2.05) is 11.0 Å². The minimum absolute atomic E-state index is 0.120. The maximum absolute atomic E-state index is 13.4. The first-order valence-corrected chi connectivity index (χ1v) is 17.2. The van der Waals surface area contributed by atoms with Crippen molar-refractivity contribution in [1.82, 2.24) is 15.1 Å². The molecule has 6 aliphatic rings. The van der Waals surface area contributed by atoms with Crippen LogP contribution in [0.1, 0.15) is 111 Å². The Labute approximate surface area is 258 Å². The second kappa shape index (κ2) is 11.9. The predicted molar refractivity (Wildman–Crippen MR) is 167 cm³/mol. The molecule has 2 unspecified atom stereocenters. The lowest BCUT2D eigenvalue weighted by Crippen LogP contribution is -2.51. The number of carbonyl (C=O) groups excluding carboxylic acids is 3. The molecule has 8 nitrogen and oxygen atoms in total. The van der Waals surface area contributed by atoms with Crippen molar-refractivity contribution in [1.29, 1.82) is 0 Å². The molecule has 238 valence electrons. The van der Waals surface area contributed by atoms with Gasteiger partial charge in [-0.25, -0.2) is 4.79 Å². The highest BCUT2D eigenvalue weighted by Gasteiger charge is 2.59. The molecule has 0 aromatic heterocycles. The number of allylic oxidation sites excluding steroid dienone is 1. The van der Waals surface area contributed by atoms with Gasteiger partial charge in [-0.15, -0.1) is 0 Å². The van der Waals surface area contributed by atoms with Gasteiger partial charge in [-0.1, -0.05) is 24.6 Å². The first kappa shape index (κ1) is 30.8. The molecule has 0 bridgehead atoms. The average molecular weight is 595 g/mol. The van der Waals surface area contributed by atoms with Crippen molar-refractivity contribution in [2.45, 2.75) is 129 Å². The fourth-order valence-corrected chi connectivity index (χ4v) is 10.4. The van der Waals surface area contributed by atoms with E-state index >= 15 is 0 Å². The van der Waals surface area contributed by atoms with Gasteiger partial charge in [-0.3, -0.25) is 14.4 Å². The smallest absolute Gasteiger partial charge is 0.347 e. The molecule has 1 N–H and O–H groups in total. The molecular formula is C35H54N4O4. The Morgan fingerprint density at radius 2 is 1.79 bits per heavy atom. The molecule has 0 aromatic carbocycles. The predicted octanol–water partition coefficient (Wildman–Crippen LogP) is 6.10. The number of nitrogens with zero attached hydrogens (tertiary/aromatic N) is 3. The van der Waals surface area contributed by atoms with Gasteiger partial charge >= 0.3 is 6.09 Å². The Hall–Kier alpha value is -2.22. The number of nitrogens with one attached hydrogen (secondary N) is 1. The highest BCUT2D eigenvalue weighted by atomic mass is 16.7. The van der Waals surface area contributed by atoms with E-state index in [0.29, 0.717) is 42.4 Å². The van der Waals surface area contributed by atoms with Gasteiger partial charge in [0.2, 0.25) is 5.91 Å². The van der Waals surface area contributed by atoms with Gasteiger partial charge in [-0.2, -0.15) is 0 Å². The number of rotatable bonds is 7. The van der Waals surface area contributed by atoms with E-state index in [9.17, 15) is 14.4 Å². The van der Waals surface area contributed by atoms with Gasteiger partial charge in [0.15, 0.2) is 5.78 Å². The van der Waals surface area contributed by atoms with E-state index in [0.717, 1.165) is 63.5 Å². The van der Waals surface area contributed by atoms with E-state index < -0.39 is 0 Å². The summed E-state index contributed by atoms with van der Waals surface area (Å²) in [5.74, 6) is 2.85. The van der Waals surface area contributed by atoms with Crippen molar-refractivity contribution in [3.8, 4) is 0 Å². The number of hydrogen-bond acceptors (Lipinski definition) is 6. The lowest BCUT2D eigenvalue weighted by atomic mass is 9.46. The van der Waals surface area contributed by atoms with Gasteiger partial charge in [0.05, 0.1) is 11.8 Å². The van der Waals surface area contributed by atoms with Crippen LogP contribution in [0.5, 0.6) is 0 Å². The van der Waals surface area contributed by atoms with Crippen molar-refractivity contribution >= 4 is 23.5 Å². The number of likely N-dealkylation sites (N-methyl/N-ethyl adjacent to an activating group) is 1. The summed E-state index contributed by atoms with van der Waals surface area (Å²) in [6.45, 7) is 7.63. The molecule has 0 radical (unpaired) electrons. The monoisotopic (exact) mass is 594 g/mol. The summed E-state index contributed by atoms with van der Waals surface area (Å²) in [5.41, 5.74) is 2.77. The van der Waals surface area contributed by atoms with Crippen LogP contribution in [0.2, 0.25) is 0 Å². The van der Waals surface area contributed by atoms with Crippen molar-refractivity contribution in [2.75, 3.05) is 20.6 Å². The first-order chi connectivity index (χ1) is 20.5. The third kappa shape index (κ3) is 5.59. The molecule has 5 fully saturated rings. The molecule has 5 aliphatic carbocycles. The number of fused-ring (bicyclic) bond motifs is 5. The Morgan fingerprint density at radius 1 is 1.00 bits per heavy atom. The summed E-state index contributed by atoms with van der Waals surface area (Å²) in [4.78, 5) is 47.2. The Bertz CT molecular complexity index is 1180. The minimum Gasteiger partial charge on any atom is -0.347 e. The van der Waals surface area contributed by atoms with E-state index in [4.69, 9.17) is 4.84 Å². The van der Waals surface area contributed by atoms with Gasteiger partial charge in [0, 0.05) is 45.1 Å². The van der Waals surface area contributed by atoms with Crippen molar-refractivity contribution < 1.29 is 19.2 Å². The minimum atomic E-state index is -0.322. The van der Waals surface area contributed by atoms with Crippen LogP contribution in [0, 0.1) is 34.5 Å². The maximum Gasteiger partial charge on any atom is 0.436 e. The summed E-state index contributed by atoms with van der Waals surface area (Å²) < 4.78 is 0. The molecule has 43 heavy (non-hydrogen) atoms. The largest absolute Gasteiger partial charge is 0.436 e. The van der Waals surface area contributed by atoms with Crippen molar-refractivity contribution in [2.24, 2.45) is 39.7 Å². The van der Waals surface area contributed by atoms with Crippen LogP contribution in [-0.2, 0) is 14.4 Å². The molecule has 1 heterocycles. The van der Waals surface area contributed by atoms with Crippen LogP contribution in [0.15, 0.2) is 16.8 Å².